The molecule has 7 heteroatoms. The smallest absolute Gasteiger partial charge is 0.260 e. The Morgan fingerprint density at radius 2 is 1.69 bits per heavy atom. The Morgan fingerprint density at radius 1 is 1.00 bits per heavy atom. The fourth-order valence-electron chi connectivity index (χ4n) is 4.34. The van der Waals surface area contributed by atoms with Crippen LogP contribution in [0.1, 0.15) is 32.3 Å². The Labute approximate surface area is 172 Å². The van der Waals surface area contributed by atoms with E-state index in [0.717, 1.165) is 56.8 Å². The van der Waals surface area contributed by atoms with Crippen LogP contribution >= 0.6 is 0 Å². The highest BCUT2D eigenvalue weighted by atomic mass is 16.5. The van der Waals surface area contributed by atoms with Crippen molar-refractivity contribution >= 4 is 11.8 Å². The molecule has 29 heavy (non-hydrogen) atoms. The molecule has 0 bridgehead atoms. The molecule has 3 aliphatic heterocycles. The van der Waals surface area contributed by atoms with Crippen molar-refractivity contribution in [1.29, 1.82) is 0 Å². The third-order valence-corrected chi connectivity index (χ3v) is 5.95. The number of carbonyl (C=O) groups excluding carboxylic acids is 2. The standard InChI is InChI=1S/C22H31N3O4/c1-22(2)14-17-6-5-7-18(21(17)29-22)28-16-20(27)25-12-10-23(11-13-25)15-19(26)24-8-3-4-9-24/h5-7H,3-4,8-16H2,1-2H3. The van der Waals surface area contributed by atoms with Crippen molar-refractivity contribution in [3.63, 3.8) is 0 Å². The second-order valence-electron chi connectivity index (χ2n) is 8.82. The number of fused-ring (bicyclic) bond motifs is 1. The number of rotatable bonds is 5. The Balaban J connectivity index is 1.24. The van der Waals surface area contributed by atoms with Gasteiger partial charge in [0.2, 0.25) is 5.91 Å². The summed E-state index contributed by atoms with van der Waals surface area (Å²) in [4.78, 5) is 30.8. The van der Waals surface area contributed by atoms with Crippen LogP contribution in [-0.4, -0.2) is 84.5 Å². The van der Waals surface area contributed by atoms with E-state index in [2.05, 4.69) is 18.7 Å². The van der Waals surface area contributed by atoms with Crippen LogP contribution in [0.3, 0.4) is 0 Å². The zero-order chi connectivity index (χ0) is 20.4. The van der Waals surface area contributed by atoms with Gasteiger partial charge in [-0.1, -0.05) is 12.1 Å². The third kappa shape index (κ3) is 4.66. The van der Waals surface area contributed by atoms with Gasteiger partial charge in [0, 0.05) is 51.3 Å². The molecule has 4 rings (SSSR count). The zero-order valence-corrected chi connectivity index (χ0v) is 17.5. The number of para-hydroxylation sites is 1. The molecule has 1 aromatic rings. The van der Waals surface area contributed by atoms with Gasteiger partial charge in [-0.05, 0) is 32.8 Å². The molecule has 0 aromatic heterocycles. The molecule has 7 nitrogen and oxygen atoms in total. The molecule has 3 heterocycles. The van der Waals surface area contributed by atoms with E-state index in [1.165, 1.54) is 0 Å². The van der Waals surface area contributed by atoms with E-state index in [9.17, 15) is 9.59 Å². The van der Waals surface area contributed by atoms with Gasteiger partial charge in [-0.25, -0.2) is 0 Å². The highest BCUT2D eigenvalue weighted by Crippen LogP contribution is 2.41. The van der Waals surface area contributed by atoms with Gasteiger partial charge < -0.3 is 19.3 Å². The minimum Gasteiger partial charge on any atom is -0.483 e. The molecule has 3 aliphatic rings. The Bertz CT molecular complexity index is 765. The largest absolute Gasteiger partial charge is 0.483 e. The van der Waals surface area contributed by atoms with E-state index in [1.54, 1.807) is 0 Å². The molecule has 158 valence electrons. The maximum Gasteiger partial charge on any atom is 0.260 e. The van der Waals surface area contributed by atoms with E-state index in [-0.39, 0.29) is 24.0 Å². The summed E-state index contributed by atoms with van der Waals surface area (Å²) in [5, 5.41) is 0. The molecule has 0 aliphatic carbocycles. The van der Waals surface area contributed by atoms with Gasteiger partial charge in [0.05, 0.1) is 6.54 Å². The molecular weight excluding hydrogens is 370 g/mol. The molecule has 2 amide bonds. The van der Waals surface area contributed by atoms with Gasteiger partial charge >= 0.3 is 0 Å². The van der Waals surface area contributed by atoms with Crippen LogP contribution in [-0.2, 0) is 16.0 Å². The van der Waals surface area contributed by atoms with Crippen molar-refractivity contribution in [1.82, 2.24) is 14.7 Å². The van der Waals surface area contributed by atoms with Gasteiger partial charge in [0.15, 0.2) is 18.1 Å². The topological polar surface area (TPSA) is 62.3 Å². The first-order valence-electron chi connectivity index (χ1n) is 10.6. The summed E-state index contributed by atoms with van der Waals surface area (Å²) >= 11 is 0. The Morgan fingerprint density at radius 3 is 2.41 bits per heavy atom. The second-order valence-corrected chi connectivity index (χ2v) is 8.82. The lowest BCUT2D eigenvalue weighted by atomic mass is 10.0. The summed E-state index contributed by atoms with van der Waals surface area (Å²) in [5.74, 6) is 1.59. The first-order valence-corrected chi connectivity index (χ1v) is 10.6. The van der Waals surface area contributed by atoms with Crippen molar-refractivity contribution < 1.29 is 19.1 Å². The van der Waals surface area contributed by atoms with Crippen LogP contribution in [0.15, 0.2) is 18.2 Å². The van der Waals surface area contributed by atoms with E-state index in [4.69, 9.17) is 9.47 Å². The fraction of sp³-hybridized carbons (Fsp3) is 0.636. The number of piperazine rings is 1. The van der Waals surface area contributed by atoms with E-state index >= 15 is 0 Å². The minimum atomic E-state index is -0.241. The maximum absolute atomic E-state index is 12.6. The first kappa shape index (κ1) is 20.0. The Hall–Kier alpha value is -2.28. The highest BCUT2D eigenvalue weighted by molar-refractivity contribution is 5.79. The lowest BCUT2D eigenvalue weighted by molar-refractivity contribution is -0.136. The summed E-state index contributed by atoms with van der Waals surface area (Å²) in [6, 6.07) is 5.84. The van der Waals surface area contributed by atoms with Crippen LogP contribution in [0.25, 0.3) is 0 Å². The summed E-state index contributed by atoms with van der Waals surface area (Å²) in [5.41, 5.74) is 0.880. The molecular formula is C22H31N3O4. The number of ether oxygens (including phenoxy) is 2. The van der Waals surface area contributed by atoms with E-state index in [0.29, 0.717) is 25.4 Å². The van der Waals surface area contributed by atoms with Gasteiger partial charge in [-0.15, -0.1) is 0 Å². The Kier molecular flexibility index (Phi) is 5.67. The predicted octanol–water partition coefficient (Wildman–Crippen LogP) is 1.55. The van der Waals surface area contributed by atoms with E-state index in [1.807, 2.05) is 28.0 Å². The lowest BCUT2D eigenvalue weighted by Gasteiger charge is -2.35. The summed E-state index contributed by atoms with van der Waals surface area (Å²) in [7, 11) is 0. The molecule has 0 atom stereocenters. The zero-order valence-electron chi connectivity index (χ0n) is 17.5. The highest BCUT2D eigenvalue weighted by Gasteiger charge is 2.32. The molecule has 0 radical (unpaired) electrons. The molecule has 0 unspecified atom stereocenters. The molecule has 0 N–H and O–H groups in total. The van der Waals surface area contributed by atoms with Gasteiger partial charge in [0.25, 0.3) is 5.91 Å². The van der Waals surface area contributed by atoms with Crippen molar-refractivity contribution in [2.75, 3.05) is 52.4 Å². The molecule has 2 saturated heterocycles. The van der Waals surface area contributed by atoms with Crippen molar-refractivity contribution in [2.45, 2.75) is 38.7 Å². The number of carbonyl (C=O) groups is 2. The van der Waals surface area contributed by atoms with Crippen molar-refractivity contribution in [3.05, 3.63) is 23.8 Å². The third-order valence-electron chi connectivity index (χ3n) is 5.95. The quantitative estimate of drug-likeness (QED) is 0.749. The monoisotopic (exact) mass is 401 g/mol. The van der Waals surface area contributed by atoms with Crippen molar-refractivity contribution in [2.24, 2.45) is 0 Å². The van der Waals surface area contributed by atoms with Crippen LogP contribution in [0.2, 0.25) is 0 Å². The van der Waals surface area contributed by atoms with Gasteiger partial charge in [0.1, 0.15) is 5.60 Å². The number of amides is 2. The van der Waals surface area contributed by atoms with Crippen molar-refractivity contribution in [3.8, 4) is 11.5 Å². The summed E-state index contributed by atoms with van der Waals surface area (Å²) < 4.78 is 11.8. The molecule has 1 aromatic carbocycles. The maximum atomic E-state index is 12.6. The first-order chi connectivity index (χ1) is 13.9. The lowest BCUT2D eigenvalue weighted by Crippen LogP contribution is -2.52. The van der Waals surface area contributed by atoms with Crippen LogP contribution < -0.4 is 9.47 Å². The fourth-order valence-corrected chi connectivity index (χ4v) is 4.34. The number of likely N-dealkylation sites (tertiary alicyclic amines) is 1. The molecule has 0 saturated carbocycles. The minimum absolute atomic E-state index is 0.00690. The van der Waals surface area contributed by atoms with Gasteiger partial charge in [-0.3, -0.25) is 14.5 Å². The number of hydrogen-bond acceptors (Lipinski definition) is 5. The number of nitrogens with zero attached hydrogens (tertiary/aromatic N) is 3. The second kappa shape index (κ2) is 8.22. The van der Waals surface area contributed by atoms with E-state index < -0.39 is 0 Å². The van der Waals surface area contributed by atoms with Crippen LogP contribution in [0.4, 0.5) is 0 Å². The summed E-state index contributed by atoms with van der Waals surface area (Å²) in [6.45, 7) is 9.06. The normalized spacial score (nSPS) is 21.0. The predicted molar refractivity (Wildman–Crippen MR) is 109 cm³/mol. The van der Waals surface area contributed by atoms with Gasteiger partial charge in [-0.2, -0.15) is 0 Å². The van der Waals surface area contributed by atoms with Crippen LogP contribution in [0, 0.1) is 0 Å². The number of benzene rings is 1. The van der Waals surface area contributed by atoms with Crippen LogP contribution in [0.5, 0.6) is 11.5 Å². The molecule has 2 fully saturated rings. The number of hydrogen-bond donors (Lipinski definition) is 0. The average Bonchev–Trinajstić information content (AvgIpc) is 3.33. The average molecular weight is 402 g/mol. The SMILES string of the molecule is CC1(C)Cc2cccc(OCC(=O)N3CCN(CC(=O)N4CCCC4)CC3)c2O1. The molecule has 0 spiro atoms. The summed E-state index contributed by atoms with van der Waals surface area (Å²) in [6.07, 6.45) is 3.06.